The first-order valence-corrected chi connectivity index (χ1v) is 16.5. The van der Waals surface area contributed by atoms with Crippen molar-refractivity contribution in [3.63, 3.8) is 0 Å². The molecule has 2 amide bonds. The van der Waals surface area contributed by atoms with Crippen molar-refractivity contribution in [1.29, 1.82) is 0 Å². The van der Waals surface area contributed by atoms with Crippen LogP contribution in [-0.2, 0) is 13.0 Å². The number of carbonyl (C=O) groups is 2. The van der Waals surface area contributed by atoms with Gasteiger partial charge in [0.1, 0.15) is 11.6 Å². The van der Waals surface area contributed by atoms with Crippen molar-refractivity contribution in [2.75, 3.05) is 13.1 Å². The molecule has 2 aliphatic rings. The fraction of sp³-hybridized carbons (Fsp3) is 0.263. The largest absolute Gasteiger partial charge is 0.465 e. The maximum atomic E-state index is 12.3. The number of amides is 2. The van der Waals surface area contributed by atoms with E-state index in [1.807, 2.05) is 42.5 Å². The number of nitrogens with zero attached hydrogens (tertiary/aromatic N) is 5. The van der Waals surface area contributed by atoms with E-state index in [0.717, 1.165) is 81.4 Å². The second-order valence-electron chi connectivity index (χ2n) is 12.8. The van der Waals surface area contributed by atoms with Crippen LogP contribution in [0.4, 0.5) is 9.59 Å². The topological polar surface area (TPSA) is 128 Å². The van der Waals surface area contributed by atoms with E-state index in [0.29, 0.717) is 31.9 Å². The number of aromatic amines is 1. The highest BCUT2D eigenvalue weighted by atomic mass is 16.4. The van der Waals surface area contributed by atoms with Gasteiger partial charge in [0.15, 0.2) is 0 Å². The van der Waals surface area contributed by atoms with E-state index in [1.165, 1.54) is 9.80 Å². The lowest BCUT2D eigenvalue weighted by Gasteiger charge is -2.22. The molecule has 48 heavy (non-hydrogen) atoms. The number of rotatable bonds is 7. The van der Waals surface area contributed by atoms with Gasteiger partial charge < -0.3 is 19.8 Å². The third-order valence-corrected chi connectivity index (χ3v) is 9.89. The summed E-state index contributed by atoms with van der Waals surface area (Å²) in [6.45, 7) is 1.58. The number of likely N-dealkylation sites (tertiary alicyclic amines) is 2. The van der Waals surface area contributed by atoms with Gasteiger partial charge in [0.25, 0.3) is 0 Å². The SMILES string of the molecule is O=C(O)N1CCC[C@H]1c1nc2cc(-c3ccc4c(nc([C@@H]5CCCN5C(=O)O)n4Cc4ccccc4)c3Cc3ccccc3)ccc2[nH]1. The van der Waals surface area contributed by atoms with Gasteiger partial charge in [0.2, 0.25) is 0 Å². The van der Waals surface area contributed by atoms with Crippen LogP contribution in [0.2, 0.25) is 0 Å². The quantitative estimate of drug-likeness (QED) is 0.163. The Hall–Kier alpha value is -5.64. The molecular formula is C38H36N6O4. The Kier molecular flexibility index (Phi) is 7.55. The van der Waals surface area contributed by atoms with Gasteiger partial charge in [0.05, 0.1) is 34.2 Å². The zero-order chi connectivity index (χ0) is 32.8. The first-order valence-electron chi connectivity index (χ1n) is 16.5. The highest BCUT2D eigenvalue weighted by Crippen LogP contribution is 2.39. The predicted molar refractivity (Wildman–Crippen MR) is 183 cm³/mol. The van der Waals surface area contributed by atoms with Gasteiger partial charge in [-0.05, 0) is 71.7 Å². The molecule has 2 saturated heterocycles. The zero-order valence-electron chi connectivity index (χ0n) is 26.4. The van der Waals surface area contributed by atoms with Crippen LogP contribution >= 0.6 is 0 Å². The Morgan fingerprint density at radius 2 is 1.44 bits per heavy atom. The molecule has 6 aromatic rings. The molecule has 0 unspecified atom stereocenters. The lowest BCUT2D eigenvalue weighted by atomic mass is 9.93. The van der Waals surface area contributed by atoms with E-state index >= 15 is 0 Å². The highest BCUT2D eigenvalue weighted by molar-refractivity contribution is 5.91. The Balaban J connectivity index is 1.29. The zero-order valence-corrected chi connectivity index (χ0v) is 26.4. The van der Waals surface area contributed by atoms with Crippen molar-refractivity contribution in [2.45, 2.75) is 50.7 Å². The van der Waals surface area contributed by atoms with Crippen molar-refractivity contribution in [3.8, 4) is 11.1 Å². The lowest BCUT2D eigenvalue weighted by molar-refractivity contribution is 0.137. The van der Waals surface area contributed by atoms with Crippen LogP contribution in [0.5, 0.6) is 0 Å². The maximum Gasteiger partial charge on any atom is 0.407 e. The lowest BCUT2D eigenvalue weighted by Crippen LogP contribution is -2.30. The number of hydrogen-bond acceptors (Lipinski definition) is 4. The smallest absolute Gasteiger partial charge is 0.407 e. The van der Waals surface area contributed by atoms with E-state index in [2.05, 4.69) is 58.1 Å². The normalized spacial score (nSPS) is 17.9. The summed E-state index contributed by atoms with van der Waals surface area (Å²) < 4.78 is 2.20. The summed E-state index contributed by atoms with van der Waals surface area (Å²) in [5, 5.41) is 19.8. The van der Waals surface area contributed by atoms with Crippen molar-refractivity contribution in [2.24, 2.45) is 0 Å². The van der Waals surface area contributed by atoms with E-state index in [9.17, 15) is 19.8 Å². The van der Waals surface area contributed by atoms with E-state index in [-0.39, 0.29) is 12.1 Å². The molecule has 2 aliphatic heterocycles. The molecule has 10 heteroatoms. The Morgan fingerprint density at radius 3 is 2.15 bits per heavy atom. The summed E-state index contributed by atoms with van der Waals surface area (Å²) >= 11 is 0. The molecule has 2 fully saturated rings. The number of hydrogen-bond donors (Lipinski definition) is 3. The molecule has 0 aliphatic carbocycles. The first kappa shape index (κ1) is 29.7. The third-order valence-electron chi connectivity index (χ3n) is 9.89. The van der Waals surface area contributed by atoms with Crippen LogP contribution in [0.1, 0.15) is 66.1 Å². The number of benzene rings is 4. The fourth-order valence-electron chi connectivity index (χ4n) is 7.60. The molecule has 2 aromatic heterocycles. The second kappa shape index (κ2) is 12.2. The van der Waals surface area contributed by atoms with Crippen LogP contribution < -0.4 is 0 Å². The number of imidazole rings is 2. The Bertz CT molecular complexity index is 2140. The summed E-state index contributed by atoms with van der Waals surface area (Å²) in [4.78, 5) is 40.7. The minimum atomic E-state index is -0.923. The molecule has 10 nitrogen and oxygen atoms in total. The average molecular weight is 641 g/mol. The summed E-state index contributed by atoms with van der Waals surface area (Å²) in [7, 11) is 0. The molecule has 0 bridgehead atoms. The van der Waals surface area contributed by atoms with Crippen molar-refractivity contribution in [3.05, 3.63) is 119 Å². The van der Waals surface area contributed by atoms with Gasteiger partial charge in [-0.15, -0.1) is 0 Å². The number of carboxylic acid groups (broad SMARTS) is 2. The molecule has 4 aromatic carbocycles. The Labute approximate surface area is 277 Å². The van der Waals surface area contributed by atoms with Gasteiger partial charge in [-0.1, -0.05) is 72.8 Å². The molecule has 242 valence electrons. The summed E-state index contributed by atoms with van der Waals surface area (Å²) in [5.74, 6) is 1.44. The fourth-order valence-corrected chi connectivity index (χ4v) is 7.60. The van der Waals surface area contributed by atoms with Crippen LogP contribution in [-0.4, -0.2) is 64.8 Å². The molecule has 4 heterocycles. The van der Waals surface area contributed by atoms with Gasteiger partial charge in [-0.25, -0.2) is 19.6 Å². The third kappa shape index (κ3) is 5.33. The van der Waals surface area contributed by atoms with Gasteiger partial charge in [0, 0.05) is 26.1 Å². The highest BCUT2D eigenvalue weighted by Gasteiger charge is 2.35. The molecule has 0 saturated carbocycles. The number of fused-ring (bicyclic) bond motifs is 2. The summed E-state index contributed by atoms with van der Waals surface area (Å²) in [6, 6.07) is 30.4. The number of nitrogens with one attached hydrogen (secondary N) is 1. The molecule has 0 spiro atoms. The van der Waals surface area contributed by atoms with Gasteiger partial charge in [-0.3, -0.25) is 9.80 Å². The summed E-state index contributed by atoms with van der Waals surface area (Å²) in [5.41, 5.74) is 8.83. The standard InChI is InChI=1S/C38H36N6O4/c45-37(46)42-19-7-13-32(42)35-39-29-17-15-26(22-30(29)40-35)27-16-18-31-34(28(27)21-24-9-3-1-4-10-24)41-36(33-14-8-20-43(33)38(47)48)44(31)23-25-11-5-2-6-12-25/h1-6,9-12,15-18,22,32-33H,7-8,13-14,19-21,23H2,(H,39,40)(H,45,46)(H,47,48)/t32-,33-/m0/s1. The molecule has 0 radical (unpaired) electrons. The number of H-pyrrole nitrogens is 1. The van der Waals surface area contributed by atoms with Gasteiger partial charge in [-0.2, -0.15) is 0 Å². The Morgan fingerprint density at radius 1 is 0.771 bits per heavy atom. The van der Waals surface area contributed by atoms with Crippen LogP contribution in [0.25, 0.3) is 33.2 Å². The van der Waals surface area contributed by atoms with Crippen molar-refractivity contribution < 1.29 is 19.8 Å². The van der Waals surface area contributed by atoms with Gasteiger partial charge >= 0.3 is 12.2 Å². The van der Waals surface area contributed by atoms with Crippen LogP contribution in [0.3, 0.4) is 0 Å². The minimum Gasteiger partial charge on any atom is -0.465 e. The number of aromatic nitrogens is 4. The van der Waals surface area contributed by atoms with Crippen LogP contribution in [0.15, 0.2) is 91.0 Å². The monoisotopic (exact) mass is 640 g/mol. The molecule has 8 rings (SSSR count). The first-order chi connectivity index (χ1) is 23.4. The van der Waals surface area contributed by atoms with E-state index in [1.54, 1.807) is 0 Å². The predicted octanol–water partition coefficient (Wildman–Crippen LogP) is 7.85. The van der Waals surface area contributed by atoms with Crippen molar-refractivity contribution in [1.82, 2.24) is 29.3 Å². The minimum absolute atomic E-state index is 0.281. The summed E-state index contributed by atoms with van der Waals surface area (Å²) in [6.07, 6.45) is 1.87. The van der Waals surface area contributed by atoms with Crippen molar-refractivity contribution >= 4 is 34.3 Å². The second-order valence-corrected chi connectivity index (χ2v) is 12.8. The molecule has 3 N–H and O–H groups in total. The molecular weight excluding hydrogens is 604 g/mol. The maximum absolute atomic E-state index is 12.3. The van der Waals surface area contributed by atoms with E-state index in [4.69, 9.17) is 9.97 Å². The molecule has 2 atom stereocenters. The van der Waals surface area contributed by atoms with Crippen LogP contribution in [0, 0.1) is 0 Å². The van der Waals surface area contributed by atoms with E-state index < -0.39 is 12.2 Å². The average Bonchev–Trinajstić information content (AvgIpc) is 3.91.